The molecule has 4 rings (SSSR count). The predicted octanol–water partition coefficient (Wildman–Crippen LogP) is 5.23. The number of piperidine rings is 1. The Hall–Kier alpha value is -2.14. The summed E-state index contributed by atoms with van der Waals surface area (Å²) >= 11 is 0. The average molecular weight is 412 g/mol. The first kappa shape index (κ1) is 21.1. The first-order valence-corrected chi connectivity index (χ1v) is 11.3. The summed E-state index contributed by atoms with van der Waals surface area (Å²) in [6.45, 7) is 4.25. The molecular weight excluding hydrogens is 377 g/mol. The van der Waals surface area contributed by atoms with Gasteiger partial charge in [0.05, 0.1) is 7.11 Å². The molecule has 2 N–H and O–H groups in total. The lowest BCUT2D eigenvalue weighted by atomic mass is 9.88. The minimum Gasteiger partial charge on any atom is -0.494 e. The Morgan fingerprint density at radius 2 is 1.97 bits per heavy atom. The lowest BCUT2D eigenvalue weighted by Crippen LogP contribution is -2.40. The second-order valence-corrected chi connectivity index (χ2v) is 9.18. The fourth-order valence-corrected chi connectivity index (χ4v) is 5.17. The van der Waals surface area contributed by atoms with E-state index in [0.717, 1.165) is 43.7 Å². The van der Waals surface area contributed by atoms with Crippen molar-refractivity contribution in [2.75, 3.05) is 25.1 Å². The summed E-state index contributed by atoms with van der Waals surface area (Å²) in [5, 5.41) is 0. The molecule has 1 aliphatic heterocycles. The van der Waals surface area contributed by atoms with Gasteiger partial charge in [0.25, 0.3) is 0 Å². The molecule has 0 amide bonds. The van der Waals surface area contributed by atoms with Gasteiger partial charge in [-0.15, -0.1) is 0 Å². The lowest BCUT2D eigenvalue weighted by molar-refractivity contribution is 0.384. The summed E-state index contributed by atoms with van der Waals surface area (Å²) < 4.78 is 18.8. The van der Waals surface area contributed by atoms with Crippen LogP contribution in [0, 0.1) is 11.7 Å². The van der Waals surface area contributed by atoms with Crippen LogP contribution < -0.4 is 15.4 Å². The molecule has 0 radical (unpaired) electrons. The van der Waals surface area contributed by atoms with E-state index in [-0.39, 0.29) is 5.82 Å². The van der Waals surface area contributed by atoms with Gasteiger partial charge in [-0.05, 0) is 85.6 Å². The molecule has 2 aliphatic rings. The normalized spacial score (nSPS) is 23.5. The topological polar surface area (TPSA) is 51.4 Å². The monoisotopic (exact) mass is 411 g/mol. The Bertz CT molecular complexity index is 833. The second kappa shape index (κ2) is 9.34. The van der Waals surface area contributed by atoms with E-state index in [1.165, 1.54) is 38.0 Å². The molecular formula is C25H34FN3O. The van der Waals surface area contributed by atoms with Crippen molar-refractivity contribution in [3.63, 3.8) is 0 Å². The van der Waals surface area contributed by atoms with Crippen molar-refractivity contribution >= 4 is 5.82 Å². The minimum absolute atomic E-state index is 0.294. The summed E-state index contributed by atoms with van der Waals surface area (Å²) in [4.78, 5) is 7.12. The molecule has 2 fully saturated rings. The van der Waals surface area contributed by atoms with Gasteiger partial charge in [-0.2, -0.15) is 0 Å². The Balaban J connectivity index is 1.33. The maximum atomic E-state index is 13.7. The standard InChI is InChI=1S/C25H34FN3O/c1-17(19-5-7-23(26)24(15-19)30-2)13-18-3-4-20(14-18)21-6-8-25(28-16-21)29-11-9-22(27)10-12-29/h5-8,15-18,20,22H,3-4,9-14,27H2,1-2H3/t17-,18+,20+/m0/s1. The molecule has 5 heteroatoms. The van der Waals surface area contributed by atoms with Gasteiger partial charge in [0.1, 0.15) is 5.82 Å². The molecule has 2 heterocycles. The third-order valence-corrected chi connectivity index (χ3v) is 7.08. The van der Waals surface area contributed by atoms with Crippen molar-refractivity contribution in [3.8, 4) is 5.75 Å². The Morgan fingerprint density at radius 1 is 1.17 bits per heavy atom. The first-order chi connectivity index (χ1) is 14.5. The van der Waals surface area contributed by atoms with Crippen LogP contribution in [0.1, 0.15) is 68.4 Å². The highest BCUT2D eigenvalue weighted by Crippen LogP contribution is 2.42. The number of ether oxygens (including phenoxy) is 1. The molecule has 1 aromatic heterocycles. The number of nitrogens with two attached hydrogens (primary N) is 1. The van der Waals surface area contributed by atoms with Gasteiger partial charge in [-0.3, -0.25) is 0 Å². The molecule has 3 atom stereocenters. The second-order valence-electron chi connectivity index (χ2n) is 9.18. The average Bonchev–Trinajstić information content (AvgIpc) is 3.23. The van der Waals surface area contributed by atoms with Crippen LogP contribution in [0.5, 0.6) is 5.75 Å². The Labute approximate surface area is 179 Å². The summed E-state index contributed by atoms with van der Waals surface area (Å²) in [6, 6.07) is 10.1. The van der Waals surface area contributed by atoms with Crippen molar-refractivity contribution in [1.82, 2.24) is 4.98 Å². The van der Waals surface area contributed by atoms with E-state index in [1.807, 2.05) is 12.1 Å². The smallest absolute Gasteiger partial charge is 0.165 e. The van der Waals surface area contributed by atoms with E-state index in [4.69, 9.17) is 15.5 Å². The van der Waals surface area contributed by atoms with Gasteiger partial charge in [0.15, 0.2) is 11.6 Å². The van der Waals surface area contributed by atoms with Gasteiger partial charge in [0, 0.05) is 25.3 Å². The van der Waals surface area contributed by atoms with E-state index >= 15 is 0 Å². The third kappa shape index (κ3) is 4.77. The van der Waals surface area contributed by atoms with E-state index in [9.17, 15) is 4.39 Å². The maximum absolute atomic E-state index is 13.7. The zero-order valence-electron chi connectivity index (χ0n) is 18.2. The predicted molar refractivity (Wildman–Crippen MR) is 120 cm³/mol. The molecule has 0 bridgehead atoms. The van der Waals surface area contributed by atoms with Gasteiger partial charge in [-0.25, -0.2) is 9.37 Å². The highest BCUT2D eigenvalue weighted by molar-refractivity contribution is 5.40. The fraction of sp³-hybridized carbons (Fsp3) is 0.560. The molecule has 0 unspecified atom stereocenters. The largest absolute Gasteiger partial charge is 0.494 e. The molecule has 162 valence electrons. The van der Waals surface area contributed by atoms with Crippen molar-refractivity contribution < 1.29 is 9.13 Å². The summed E-state index contributed by atoms with van der Waals surface area (Å²) in [6.07, 6.45) is 9.00. The van der Waals surface area contributed by atoms with E-state index in [0.29, 0.717) is 29.5 Å². The van der Waals surface area contributed by atoms with E-state index in [1.54, 1.807) is 0 Å². The number of aromatic nitrogens is 1. The number of anilines is 1. The Morgan fingerprint density at radius 3 is 2.67 bits per heavy atom. The minimum atomic E-state index is -0.294. The summed E-state index contributed by atoms with van der Waals surface area (Å²) in [5.41, 5.74) is 8.54. The van der Waals surface area contributed by atoms with Gasteiger partial charge >= 0.3 is 0 Å². The van der Waals surface area contributed by atoms with Gasteiger partial charge in [0.2, 0.25) is 0 Å². The number of rotatable bonds is 6. The highest BCUT2D eigenvalue weighted by atomic mass is 19.1. The number of hydrogen-bond donors (Lipinski definition) is 1. The van der Waals surface area contributed by atoms with Crippen molar-refractivity contribution in [2.45, 2.75) is 63.3 Å². The first-order valence-electron chi connectivity index (χ1n) is 11.3. The Kier molecular flexibility index (Phi) is 6.57. The van der Waals surface area contributed by atoms with Crippen LogP contribution in [0.3, 0.4) is 0 Å². The molecule has 4 nitrogen and oxygen atoms in total. The number of nitrogens with zero attached hydrogens (tertiary/aromatic N) is 2. The SMILES string of the molecule is COc1cc([C@@H](C)C[C@H]2CC[C@@H](c3ccc(N4CCC(N)CC4)nc3)C2)ccc1F. The van der Waals surface area contributed by atoms with Crippen molar-refractivity contribution in [3.05, 3.63) is 53.5 Å². The summed E-state index contributed by atoms with van der Waals surface area (Å²) in [7, 11) is 1.52. The summed E-state index contributed by atoms with van der Waals surface area (Å²) in [5.74, 6) is 2.82. The van der Waals surface area contributed by atoms with E-state index in [2.05, 4.69) is 30.2 Å². The third-order valence-electron chi connectivity index (χ3n) is 7.08. The zero-order chi connectivity index (χ0) is 21.1. The lowest BCUT2D eigenvalue weighted by Gasteiger charge is -2.31. The van der Waals surface area contributed by atoms with Crippen LogP contribution in [0.15, 0.2) is 36.5 Å². The molecule has 1 aliphatic carbocycles. The molecule has 1 saturated carbocycles. The molecule has 30 heavy (non-hydrogen) atoms. The number of hydrogen-bond acceptors (Lipinski definition) is 4. The van der Waals surface area contributed by atoms with Gasteiger partial charge < -0.3 is 15.4 Å². The number of benzene rings is 1. The zero-order valence-corrected chi connectivity index (χ0v) is 18.2. The van der Waals surface area contributed by atoms with E-state index < -0.39 is 0 Å². The van der Waals surface area contributed by atoms with Crippen LogP contribution in [0.25, 0.3) is 0 Å². The molecule has 0 spiro atoms. The number of halogens is 1. The van der Waals surface area contributed by atoms with Crippen molar-refractivity contribution in [2.24, 2.45) is 11.7 Å². The van der Waals surface area contributed by atoms with Crippen LogP contribution in [-0.4, -0.2) is 31.2 Å². The molecule has 1 aromatic carbocycles. The van der Waals surface area contributed by atoms with Crippen LogP contribution in [-0.2, 0) is 0 Å². The number of pyridine rings is 1. The molecule has 1 saturated heterocycles. The number of methoxy groups -OCH3 is 1. The maximum Gasteiger partial charge on any atom is 0.165 e. The van der Waals surface area contributed by atoms with Crippen molar-refractivity contribution in [1.29, 1.82) is 0 Å². The molecule has 2 aromatic rings. The highest BCUT2D eigenvalue weighted by Gasteiger charge is 2.28. The van der Waals surface area contributed by atoms with Crippen LogP contribution in [0.4, 0.5) is 10.2 Å². The quantitative estimate of drug-likeness (QED) is 0.707. The van der Waals surface area contributed by atoms with Gasteiger partial charge in [-0.1, -0.05) is 19.1 Å². The van der Waals surface area contributed by atoms with Crippen LogP contribution >= 0.6 is 0 Å². The fourth-order valence-electron chi connectivity index (χ4n) is 5.17. The van der Waals surface area contributed by atoms with Crippen LogP contribution in [0.2, 0.25) is 0 Å².